The minimum Gasteiger partial charge on any atom is -0.481 e. The van der Waals surface area contributed by atoms with Gasteiger partial charge in [0.2, 0.25) is 5.95 Å². The molecule has 0 aliphatic rings. The van der Waals surface area contributed by atoms with Gasteiger partial charge < -0.3 is 5.11 Å². The third-order valence-electron chi connectivity index (χ3n) is 1.67. The molecule has 3 nitrogen and oxygen atoms in total. The van der Waals surface area contributed by atoms with E-state index in [0.717, 1.165) is 6.20 Å². The molecule has 1 N–H and O–H groups in total. The fourth-order valence-corrected chi connectivity index (χ4v) is 1.59. The zero-order valence-corrected chi connectivity index (χ0v) is 8.76. The fourth-order valence-electron chi connectivity index (χ4n) is 1.07. The molecule has 1 aromatic heterocycles. The molecule has 1 aromatic rings. The van der Waals surface area contributed by atoms with Crippen molar-refractivity contribution in [3.63, 3.8) is 0 Å². The van der Waals surface area contributed by atoms with Crippen LogP contribution in [0.4, 0.5) is 13.2 Å². The van der Waals surface area contributed by atoms with Gasteiger partial charge in [-0.3, -0.25) is 4.79 Å². The summed E-state index contributed by atoms with van der Waals surface area (Å²) in [6.45, 7) is 0. The first-order valence-electron chi connectivity index (χ1n) is 3.76. The molecule has 82 valence electrons. The van der Waals surface area contributed by atoms with Crippen molar-refractivity contribution in [3.8, 4) is 0 Å². The first-order valence-corrected chi connectivity index (χ1v) is 4.55. The first kappa shape index (κ1) is 12.0. The summed E-state index contributed by atoms with van der Waals surface area (Å²) in [7, 11) is 0. The van der Waals surface area contributed by atoms with Gasteiger partial charge in [-0.05, 0) is 15.9 Å². The molecule has 15 heavy (non-hydrogen) atoms. The van der Waals surface area contributed by atoms with Crippen molar-refractivity contribution in [2.45, 2.75) is 12.8 Å². The van der Waals surface area contributed by atoms with Gasteiger partial charge in [0, 0.05) is 21.8 Å². The molecule has 7 heteroatoms. The van der Waals surface area contributed by atoms with Crippen LogP contribution >= 0.6 is 15.9 Å². The summed E-state index contributed by atoms with van der Waals surface area (Å²) in [4.78, 5) is 13.5. The Balaban J connectivity index is 3.31. The highest BCUT2D eigenvalue weighted by atomic mass is 79.9. The van der Waals surface area contributed by atoms with Gasteiger partial charge in [0.05, 0.1) is 6.42 Å². The van der Waals surface area contributed by atoms with E-state index in [9.17, 15) is 18.0 Å². The summed E-state index contributed by atoms with van der Waals surface area (Å²) in [5.41, 5.74) is -1.25. The van der Waals surface area contributed by atoms with Crippen molar-refractivity contribution in [2.24, 2.45) is 0 Å². The molecule has 0 amide bonds. The smallest absolute Gasteiger partial charge is 0.308 e. The normalized spacial score (nSPS) is 10.7. The molecule has 1 rings (SSSR count). The van der Waals surface area contributed by atoms with E-state index in [0.29, 0.717) is 0 Å². The van der Waals surface area contributed by atoms with E-state index in [1.54, 1.807) is 0 Å². The number of carboxylic acids is 1. The van der Waals surface area contributed by atoms with Crippen LogP contribution in [-0.2, 0) is 11.2 Å². The molecule has 0 unspecified atom stereocenters. The fraction of sp³-hybridized carbons (Fsp3) is 0.250. The second kappa shape index (κ2) is 4.61. The molecule has 0 aliphatic heterocycles. The molecular formula is C8H5BrF3NO2. The Morgan fingerprint density at radius 1 is 1.60 bits per heavy atom. The topological polar surface area (TPSA) is 50.2 Å². The predicted octanol–water partition coefficient (Wildman–Crippen LogP) is 2.55. The number of nitrogens with zero attached hydrogens (tertiary/aromatic N) is 1. The van der Waals surface area contributed by atoms with E-state index in [1.807, 2.05) is 0 Å². The molecule has 0 saturated carbocycles. The average Bonchev–Trinajstić information content (AvgIpc) is 2.10. The van der Waals surface area contributed by atoms with Crippen LogP contribution in [0.25, 0.3) is 0 Å². The third kappa shape index (κ3) is 2.68. The number of aliphatic carboxylic acids is 1. The number of carboxylic acid groups (broad SMARTS) is 1. The summed E-state index contributed by atoms with van der Waals surface area (Å²) in [6.07, 6.45) is -2.90. The molecule has 0 bridgehead atoms. The first-order chi connectivity index (χ1) is 6.93. The lowest BCUT2D eigenvalue weighted by molar-refractivity contribution is -0.136. The molecule has 0 aliphatic carbocycles. The van der Waals surface area contributed by atoms with Crippen LogP contribution < -0.4 is 0 Å². The molecule has 0 atom stereocenters. The Hall–Kier alpha value is -1.11. The van der Waals surface area contributed by atoms with Crippen molar-refractivity contribution in [1.82, 2.24) is 4.98 Å². The van der Waals surface area contributed by atoms with Crippen molar-refractivity contribution in [1.29, 1.82) is 0 Å². The maximum Gasteiger partial charge on any atom is 0.308 e. The van der Waals surface area contributed by atoms with E-state index in [1.165, 1.54) is 0 Å². The van der Waals surface area contributed by atoms with Crippen LogP contribution in [0.2, 0.25) is 0 Å². The van der Waals surface area contributed by atoms with Gasteiger partial charge in [0.1, 0.15) is 0 Å². The summed E-state index contributed by atoms with van der Waals surface area (Å²) in [6, 6.07) is 0. The number of hydrogen-bond donors (Lipinski definition) is 1. The van der Waals surface area contributed by atoms with Crippen molar-refractivity contribution >= 4 is 21.9 Å². The third-order valence-corrected chi connectivity index (χ3v) is 2.30. The lowest BCUT2D eigenvalue weighted by Crippen LogP contribution is -2.09. The second-order valence-electron chi connectivity index (χ2n) is 2.66. The van der Waals surface area contributed by atoms with Gasteiger partial charge >= 0.3 is 5.97 Å². The van der Waals surface area contributed by atoms with Gasteiger partial charge in [-0.25, -0.2) is 13.8 Å². The van der Waals surface area contributed by atoms with Crippen LogP contribution in [0, 0.1) is 5.95 Å². The van der Waals surface area contributed by atoms with Crippen molar-refractivity contribution in [3.05, 3.63) is 27.7 Å². The van der Waals surface area contributed by atoms with Gasteiger partial charge in [-0.2, -0.15) is 4.39 Å². The number of carbonyl (C=O) groups is 1. The number of halogens is 4. The second-order valence-corrected chi connectivity index (χ2v) is 3.51. The van der Waals surface area contributed by atoms with Crippen LogP contribution in [0.3, 0.4) is 0 Å². The van der Waals surface area contributed by atoms with Crippen LogP contribution in [-0.4, -0.2) is 16.1 Å². The number of pyridine rings is 1. The number of hydrogen-bond acceptors (Lipinski definition) is 2. The van der Waals surface area contributed by atoms with Crippen molar-refractivity contribution in [2.75, 3.05) is 0 Å². The highest BCUT2D eigenvalue weighted by Crippen LogP contribution is 2.31. The van der Waals surface area contributed by atoms with Gasteiger partial charge in [0.25, 0.3) is 6.43 Å². The summed E-state index contributed by atoms with van der Waals surface area (Å²) < 4.78 is 37.9. The van der Waals surface area contributed by atoms with Crippen LogP contribution in [0.1, 0.15) is 17.6 Å². The molecular weight excluding hydrogens is 279 g/mol. The van der Waals surface area contributed by atoms with Crippen LogP contribution in [0.5, 0.6) is 0 Å². The number of aromatic nitrogens is 1. The maximum atomic E-state index is 13.0. The highest BCUT2D eigenvalue weighted by molar-refractivity contribution is 9.10. The van der Waals surface area contributed by atoms with Gasteiger partial charge in [0.15, 0.2) is 0 Å². The Kier molecular flexibility index (Phi) is 3.67. The summed E-state index contributed by atoms with van der Waals surface area (Å²) in [5.74, 6) is -2.58. The summed E-state index contributed by atoms with van der Waals surface area (Å²) in [5, 5.41) is 8.43. The largest absolute Gasteiger partial charge is 0.481 e. The Labute approximate surface area is 91.1 Å². The van der Waals surface area contributed by atoms with Crippen LogP contribution in [0.15, 0.2) is 10.7 Å². The monoisotopic (exact) mass is 283 g/mol. The molecule has 0 radical (unpaired) electrons. The van der Waals surface area contributed by atoms with E-state index < -0.39 is 35.9 Å². The van der Waals surface area contributed by atoms with Crippen molar-refractivity contribution < 1.29 is 23.1 Å². The van der Waals surface area contributed by atoms with E-state index in [4.69, 9.17) is 5.11 Å². The SMILES string of the molecule is O=C(O)Cc1c(F)ncc(Br)c1C(F)F. The van der Waals surface area contributed by atoms with Gasteiger partial charge in [-0.1, -0.05) is 0 Å². The molecule has 0 aromatic carbocycles. The average molecular weight is 284 g/mol. The Bertz CT molecular complexity index is 398. The molecule has 0 saturated heterocycles. The number of rotatable bonds is 3. The lowest BCUT2D eigenvalue weighted by Gasteiger charge is -2.09. The lowest BCUT2D eigenvalue weighted by atomic mass is 10.1. The summed E-state index contributed by atoms with van der Waals surface area (Å²) >= 11 is 2.77. The number of alkyl halides is 2. The molecule has 0 spiro atoms. The quantitative estimate of drug-likeness (QED) is 0.868. The Morgan fingerprint density at radius 3 is 2.67 bits per heavy atom. The highest BCUT2D eigenvalue weighted by Gasteiger charge is 2.22. The minimum atomic E-state index is -2.95. The zero-order chi connectivity index (χ0) is 11.6. The molecule has 1 heterocycles. The van der Waals surface area contributed by atoms with E-state index in [2.05, 4.69) is 20.9 Å². The van der Waals surface area contributed by atoms with Gasteiger partial charge in [-0.15, -0.1) is 0 Å². The van der Waals surface area contributed by atoms with E-state index in [-0.39, 0.29) is 4.47 Å². The molecule has 0 fully saturated rings. The Morgan fingerprint density at radius 2 is 2.20 bits per heavy atom. The standard InChI is InChI=1S/C8H5BrF3NO2/c9-4-2-13-8(12)3(1-5(14)15)6(4)7(10)11/h2,7H,1H2,(H,14,15). The zero-order valence-electron chi connectivity index (χ0n) is 7.18. The minimum absolute atomic E-state index is 0.102. The van der Waals surface area contributed by atoms with E-state index >= 15 is 0 Å². The maximum absolute atomic E-state index is 13.0. The predicted molar refractivity (Wildman–Crippen MR) is 48.2 cm³/mol.